The quantitative estimate of drug-likeness (QED) is 0.769. The number of benzene rings is 2. The molecule has 2 amide bonds. The van der Waals surface area contributed by atoms with E-state index in [9.17, 15) is 9.59 Å². The monoisotopic (exact) mass is 336 g/mol. The van der Waals surface area contributed by atoms with Crippen LogP contribution in [-0.4, -0.2) is 40.5 Å². The minimum Gasteiger partial charge on any atom is -0.332 e. The Hall–Kier alpha value is -3.15. The number of carbonyl (C=O) groups is 2. The van der Waals surface area contributed by atoms with Crippen molar-refractivity contribution in [3.05, 3.63) is 59.3 Å². The number of hydrogen-bond acceptors (Lipinski definition) is 3. The van der Waals surface area contributed by atoms with Gasteiger partial charge in [-0.1, -0.05) is 30.3 Å². The van der Waals surface area contributed by atoms with E-state index >= 15 is 0 Å². The molecule has 6 nitrogen and oxygen atoms in total. The van der Waals surface area contributed by atoms with E-state index in [1.54, 1.807) is 25.4 Å². The highest BCUT2D eigenvalue weighted by Gasteiger charge is 2.18. The van der Waals surface area contributed by atoms with E-state index in [2.05, 4.69) is 15.5 Å². The van der Waals surface area contributed by atoms with Crippen molar-refractivity contribution in [1.29, 1.82) is 0 Å². The average Bonchev–Trinajstić information content (AvgIpc) is 3.06. The molecule has 0 aliphatic rings. The maximum absolute atomic E-state index is 12.7. The van der Waals surface area contributed by atoms with Gasteiger partial charge in [0.1, 0.15) is 0 Å². The number of anilines is 1. The first-order chi connectivity index (χ1) is 12.0. The Morgan fingerprint density at radius 3 is 2.52 bits per heavy atom. The van der Waals surface area contributed by atoms with Gasteiger partial charge in [-0.3, -0.25) is 14.7 Å². The minimum absolute atomic E-state index is 0.0306. The summed E-state index contributed by atoms with van der Waals surface area (Å²) < 4.78 is 0. The Bertz CT molecular complexity index is 925. The highest BCUT2D eigenvalue weighted by molar-refractivity contribution is 6.06. The fraction of sp³-hybridized carbons (Fsp3) is 0.211. The number of nitrogens with zero attached hydrogens (tertiary/aromatic N) is 2. The fourth-order valence-corrected chi connectivity index (χ4v) is 2.83. The molecule has 0 spiro atoms. The van der Waals surface area contributed by atoms with Crippen LogP contribution in [0.3, 0.4) is 0 Å². The van der Waals surface area contributed by atoms with Gasteiger partial charge < -0.3 is 10.2 Å². The van der Waals surface area contributed by atoms with Crippen molar-refractivity contribution in [1.82, 2.24) is 15.1 Å². The summed E-state index contributed by atoms with van der Waals surface area (Å²) in [6.07, 6.45) is 1.67. The highest BCUT2D eigenvalue weighted by Crippen LogP contribution is 2.20. The summed E-state index contributed by atoms with van der Waals surface area (Å²) >= 11 is 0. The van der Waals surface area contributed by atoms with Crippen molar-refractivity contribution >= 4 is 28.4 Å². The largest absolute Gasteiger partial charge is 0.332 e. The van der Waals surface area contributed by atoms with Gasteiger partial charge in [-0.15, -0.1) is 0 Å². The first kappa shape index (κ1) is 16.7. The number of fused-ring (bicyclic) bond motifs is 1. The van der Waals surface area contributed by atoms with Crippen molar-refractivity contribution in [3.8, 4) is 0 Å². The summed E-state index contributed by atoms with van der Waals surface area (Å²) in [5.74, 6) is -0.462. The number of likely N-dealkylation sites (N-methyl/N-ethyl adjacent to an activating group) is 1. The lowest BCUT2D eigenvalue weighted by molar-refractivity contribution is -0.116. The Kier molecular flexibility index (Phi) is 4.52. The van der Waals surface area contributed by atoms with Gasteiger partial charge >= 0.3 is 0 Å². The van der Waals surface area contributed by atoms with E-state index < -0.39 is 0 Å². The van der Waals surface area contributed by atoms with Crippen LogP contribution in [0.5, 0.6) is 0 Å². The SMILES string of the molecule is Cc1cccc(C)c1NC(=O)CN(C)C(=O)c1cccc2cn[nH]c12. The third-order valence-electron chi connectivity index (χ3n) is 4.18. The average molecular weight is 336 g/mol. The molecule has 25 heavy (non-hydrogen) atoms. The first-order valence-corrected chi connectivity index (χ1v) is 8.01. The zero-order valence-electron chi connectivity index (χ0n) is 14.5. The van der Waals surface area contributed by atoms with E-state index in [1.807, 2.05) is 38.1 Å². The van der Waals surface area contributed by atoms with E-state index in [0.29, 0.717) is 11.1 Å². The Labute approximate surface area is 145 Å². The normalized spacial score (nSPS) is 10.7. The lowest BCUT2D eigenvalue weighted by Crippen LogP contribution is -2.35. The van der Waals surface area contributed by atoms with E-state index in [4.69, 9.17) is 0 Å². The number of rotatable bonds is 4. The maximum atomic E-state index is 12.7. The van der Waals surface area contributed by atoms with Crippen molar-refractivity contribution < 1.29 is 9.59 Å². The molecule has 0 radical (unpaired) electrons. The number of aromatic nitrogens is 2. The molecule has 0 atom stereocenters. The summed E-state index contributed by atoms with van der Waals surface area (Å²) in [7, 11) is 1.61. The molecular weight excluding hydrogens is 316 g/mol. The number of para-hydroxylation sites is 2. The van der Waals surface area contributed by atoms with Gasteiger partial charge in [-0.05, 0) is 31.0 Å². The lowest BCUT2D eigenvalue weighted by Gasteiger charge is -2.18. The molecule has 0 fully saturated rings. The van der Waals surface area contributed by atoms with Crippen LogP contribution in [0, 0.1) is 13.8 Å². The van der Waals surface area contributed by atoms with E-state index in [0.717, 1.165) is 22.2 Å². The summed E-state index contributed by atoms with van der Waals surface area (Å²) in [5.41, 5.74) is 3.95. The van der Waals surface area contributed by atoms with Crippen LogP contribution in [-0.2, 0) is 4.79 Å². The molecule has 1 heterocycles. The molecule has 2 N–H and O–H groups in total. The Morgan fingerprint density at radius 2 is 1.80 bits per heavy atom. The molecule has 3 rings (SSSR count). The predicted octanol–water partition coefficient (Wildman–Crippen LogP) is 2.89. The van der Waals surface area contributed by atoms with Gasteiger partial charge in [0.15, 0.2) is 0 Å². The third-order valence-corrected chi connectivity index (χ3v) is 4.18. The molecule has 0 bridgehead atoms. The number of aryl methyl sites for hydroxylation is 2. The van der Waals surface area contributed by atoms with Crippen LogP contribution in [0.4, 0.5) is 5.69 Å². The van der Waals surface area contributed by atoms with Gasteiger partial charge in [-0.25, -0.2) is 0 Å². The summed E-state index contributed by atoms with van der Waals surface area (Å²) in [4.78, 5) is 26.4. The predicted molar refractivity (Wildman–Crippen MR) is 97.6 cm³/mol. The smallest absolute Gasteiger partial charge is 0.256 e. The van der Waals surface area contributed by atoms with Gasteiger partial charge in [0.05, 0.1) is 23.8 Å². The van der Waals surface area contributed by atoms with E-state index in [1.165, 1.54) is 4.90 Å². The van der Waals surface area contributed by atoms with Crippen LogP contribution < -0.4 is 5.32 Å². The molecule has 1 aromatic heterocycles. The van der Waals surface area contributed by atoms with Crippen LogP contribution in [0.2, 0.25) is 0 Å². The van der Waals surface area contributed by atoms with Crippen molar-refractivity contribution in [2.75, 3.05) is 18.9 Å². The standard InChI is InChI=1S/C19H20N4O2/c1-12-6-4-7-13(2)17(12)21-16(24)11-23(3)19(25)15-9-5-8-14-10-20-22-18(14)15/h4-10H,11H2,1-3H3,(H,20,22)(H,21,24). The molecule has 0 saturated heterocycles. The van der Waals surface area contributed by atoms with Gasteiger partial charge in [0.2, 0.25) is 5.91 Å². The van der Waals surface area contributed by atoms with Gasteiger partial charge in [0, 0.05) is 18.1 Å². The molecule has 0 unspecified atom stereocenters. The Balaban J connectivity index is 1.73. The Morgan fingerprint density at radius 1 is 1.12 bits per heavy atom. The molecule has 2 aromatic carbocycles. The molecule has 128 valence electrons. The number of hydrogen-bond donors (Lipinski definition) is 2. The molecule has 6 heteroatoms. The number of aromatic amines is 1. The van der Waals surface area contributed by atoms with Gasteiger partial charge in [0.25, 0.3) is 5.91 Å². The topological polar surface area (TPSA) is 78.1 Å². The van der Waals surface area contributed by atoms with Crippen molar-refractivity contribution in [2.45, 2.75) is 13.8 Å². The van der Waals surface area contributed by atoms with Crippen LogP contribution in [0.15, 0.2) is 42.6 Å². The van der Waals surface area contributed by atoms with Crippen LogP contribution in [0.25, 0.3) is 10.9 Å². The first-order valence-electron chi connectivity index (χ1n) is 8.01. The summed E-state index contributed by atoms with van der Waals surface area (Å²) in [6, 6.07) is 11.2. The summed E-state index contributed by atoms with van der Waals surface area (Å²) in [6.45, 7) is 3.85. The molecular formula is C19H20N4O2. The van der Waals surface area contributed by atoms with Gasteiger partial charge in [-0.2, -0.15) is 5.10 Å². The zero-order valence-corrected chi connectivity index (χ0v) is 14.5. The highest BCUT2D eigenvalue weighted by atomic mass is 16.2. The number of carbonyl (C=O) groups excluding carboxylic acids is 2. The molecule has 0 aliphatic heterocycles. The fourth-order valence-electron chi connectivity index (χ4n) is 2.83. The number of H-pyrrole nitrogens is 1. The molecule has 3 aromatic rings. The zero-order chi connectivity index (χ0) is 18.0. The number of amides is 2. The number of nitrogens with one attached hydrogen (secondary N) is 2. The lowest BCUT2D eigenvalue weighted by atomic mass is 10.1. The van der Waals surface area contributed by atoms with Crippen LogP contribution in [0.1, 0.15) is 21.5 Å². The van der Waals surface area contributed by atoms with Crippen LogP contribution >= 0.6 is 0 Å². The molecule has 0 saturated carbocycles. The van der Waals surface area contributed by atoms with Crippen molar-refractivity contribution in [2.24, 2.45) is 0 Å². The second-order valence-electron chi connectivity index (χ2n) is 6.12. The summed E-state index contributed by atoms with van der Waals surface area (Å²) in [5, 5.41) is 10.6. The second kappa shape index (κ2) is 6.76. The third kappa shape index (κ3) is 3.38. The maximum Gasteiger partial charge on any atom is 0.256 e. The van der Waals surface area contributed by atoms with E-state index in [-0.39, 0.29) is 18.4 Å². The minimum atomic E-state index is -0.231. The second-order valence-corrected chi connectivity index (χ2v) is 6.12. The molecule has 0 aliphatic carbocycles. The van der Waals surface area contributed by atoms with Crippen molar-refractivity contribution in [3.63, 3.8) is 0 Å².